The molecule has 0 aromatic carbocycles. The van der Waals surface area contributed by atoms with Crippen LogP contribution in [0.3, 0.4) is 0 Å². The first-order chi connectivity index (χ1) is 5.77. The molecule has 1 unspecified atom stereocenters. The van der Waals surface area contributed by atoms with Crippen LogP contribution < -0.4 is 0 Å². The fraction of sp³-hybridized carbons (Fsp3) is 0.875. The molecule has 0 aliphatic carbocycles. The van der Waals surface area contributed by atoms with Crippen LogP contribution >= 0.6 is 11.8 Å². The lowest BCUT2D eigenvalue weighted by Crippen LogP contribution is -2.25. The molecule has 68 valence electrons. The second-order valence-electron chi connectivity index (χ2n) is 3.14. The molecule has 0 aromatic rings. The van der Waals surface area contributed by atoms with Crippen LogP contribution in [-0.2, 0) is 14.3 Å². The molecule has 0 aromatic heterocycles. The van der Waals surface area contributed by atoms with Crippen molar-refractivity contribution in [2.75, 3.05) is 13.2 Å². The van der Waals surface area contributed by atoms with Gasteiger partial charge in [-0.2, -0.15) is 0 Å². The highest BCUT2D eigenvalue weighted by Gasteiger charge is 2.42. The first kappa shape index (κ1) is 8.53. The normalized spacial score (nSPS) is 39.9. The minimum absolute atomic E-state index is 0.153. The van der Waals surface area contributed by atoms with Gasteiger partial charge in [-0.3, -0.25) is 4.79 Å². The summed E-state index contributed by atoms with van der Waals surface area (Å²) in [6.45, 7) is 3.04. The zero-order valence-electron chi connectivity index (χ0n) is 6.99. The van der Waals surface area contributed by atoms with Crippen molar-refractivity contribution in [3.05, 3.63) is 0 Å². The molecule has 4 heteroatoms. The number of carbonyl (C=O) groups is 1. The molecule has 2 heterocycles. The molecule has 2 rings (SSSR count). The highest BCUT2D eigenvalue weighted by Crippen LogP contribution is 2.33. The van der Waals surface area contributed by atoms with E-state index in [1.807, 2.05) is 0 Å². The van der Waals surface area contributed by atoms with E-state index in [-0.39, 0.29) is 22.6 Å². The summed E-state index contributed by atoms with van der Waals surface area (Å²) in [5, 5.41) is 0.384. The van der Waals surface area contributed by atoms with Gasteiger partial charge in [-0.25, -0.2) is 0 Å². The fourth-order valence-corrected chi connectivity index (χ4v) is 2.71. The Morgan fingerprint density at radius 2 is 2.33 bits per heavy atom. The van der Waals surface area contributed by atoms with E-state index >= 15 is 0 Å². The van der Waals surface area contributed by atoms with Gasteiger partial charge in [-0.15, -0.1) is 0 Å². The van der Waals surface area contributed by atoms with Gasteiger partial charge in [0.2, 0.25) is 0 Å². The number of fused-ring (bicyclic) bond motifs is 1. The molecule has 0 radical (unpaired) electrons. The van der Waals surface area contributed by atoms with Gasteiger partial charge in [-0.1, -0.05) is 11.8 Å². The number of carbonyl (C=O) groups excluding carboxylic acids is 1. The summed E-state index contributed by atoms with van der Waals surface area (Å²) in [6, 6.07) is 0. The van der Waals surface area contributed by atoms with E-state index in [0.29, 0.717) is 6.61 Å². The highest BCUT2D eigenvalue weighted by atomic mass is 32.2. The summed E-state index contributed by atoms with van der Waals surface area (Å²) in [4.78, 5) is 10.8. The number of hydrogen-bond donors (Lipinski definition) is 0. The molecule has 2 fully saturated rings. The first-order valence-corrected chi connectivity index (χ1v) is 5.06. The smallest absolute Gasteiger partial charge is 0.186 e. The molecule has 3 atom stereocenters. The van der Waals surface area contributed by atoms with Crippen LogP contribution in [0.15, 0.2) is 0 Å². The lowest BCUT2D eigenvalue weighted by Gasteiger charge is -2.12. The van der Waals surface area contributed by atoms with Crippen molar-refractivity contribution in [1.82, 2.24) is 0 Å². The van der Waals surface area contributed by atoms with E-state index in [4.69, 9.17) is 9.47 Å². The van der Waals surface area contributed by atoms with Crippen molar-refractivity contribution in [3.63, 3.8) is 0 Å². The third-order valence-corrected chi connectivity index (χ3v) is 3.28. The maximum atomic E-state index is 10.8. The van der Waals surface area contributed by atoms with Gasteiger partial charge in [-0.05, 0) is 6.42 Å². The summed E-state index contributed by atoms with van der Waals surface area (Å²) in [7, 11) is 0. The standard InChI is InChI=1S/C8H12O3S/c1-5(9)12-7-4-11-6-2-3-10-8(6)7/h6-8H,2-4H2,1H3/t6-,7?,8+/m1/s1. The van der Waals surface area contributed by atoms with Gasteiger partial charge in [0, 0.05) is 13.5 Å². The second-order valence-corrected chi connectivity index (χ2v) is 4.56. The first-order valence-electron chi connectivity index (χ1n) is 4.18. The molecule has 3 nitrogen and oxygen atoms in total. The monoisotopic (exact) mass is 188 g/mol. The maximum absolute atomic E-state index is 10.8. The topological polar surface area (TPSA) is 35.5 Å². The zero-order chi connectivity index (χ0) is 8.55. The van der Waals surface area contributed by atoms with Gasteiger partial charge in [0.15, 0.2) is 5.12 Å². The number of hydrogen-bond acceptors (Lipinski definition) is 4. The average molecular weight is 188 g/mol. The van der Waals surface area contributed by atoms with Crippen LogP contribution in [0.1, 0.15) is 13.3 Å². The van der Waals surface area contributed by atoms with Crippen LogP contribution in [0.25, 0.3) is 0 Å². The molecule has 2 saturated heterocycles. The Balaban J connectivity index is 1.95. The zero-order valence-corrected chi connectivity index (χ0v) is 7.80. The molecule has 12 heavy (non-hydrogen) atoms. The third-order valence-electron chi connectivity index (χ3n) is 2.24. The molecule has 0 amide bonds. The Hall–Kier alpha value is -0.0600. The molecule has 0 N–H and O–H groups in total. The quantitative estimate of drug-likeness (QED) is 0.610. The predicted molar refractivity (Wildman–Crippen MR) is 46.2 cm³/mol. The van der Waals surface area contributed by atoms with Crippen LogP contribution in [0, 0.1) is 0 Å². The lowest BCUT2D eigenvalue weighted by molar-refractivity contribution is -0.109. The Bertz CT molecular complexity index is 195. The van der Waals surface area contributed by atoms with Crippen molar-refractivity contribution in [3.8, 4) is 0 Å². The second kappa shape index (κ2) is 3.36. The summed E-state index contributed by atoms with van der Waals surface area (Å²) >= 11 is 1.35. The van der Waals surface area contributed by atoms with Gasteiger partial charge in [0.05, 0.1) is 24.1 Å². The lowest BCUT2D eigenvalue weighted by atomic mass is 10.2. The fourth-order valence-electron chi connectivity index (χ4n) is 1.74. The summed E-state index contributed by atoms with van der Waals surface area (Å²) in [6.07, 6.45) is 1.40. The van der Waals surface area contributed by atoms with Gasteiger partial charge in [0.25, 0.3) is 0 Å². The molecule has 2 aliphatic heterocycles. The Labute approximate surface area is 75.8 Å². The highest BCUT2D eigenvalue weighted by molar-refractivity contribution is 8.14. The minimum Gasteiger partial charge on any atom is -0.374 e. The summed E-state index contributed by atoms with van der Waals surface area (Å²) in [5.41, 5.74) is 0. The van der Waals surface area contributed by atoms with E-state index in [9.17, 15) is 4.79 Å². The Kier molecular flexibility index (Phi) is 2.39. The molecule has 2 aliphatic rings. The van der Waals surface area contributed by atoms with E-state index in [1.54, 1.807) is 6.92 Å². The van der Waals surface area contributed by atoms with E-state index in [2.05, 4.69) is 0 Å². The van der Waals surface area contributed by atoms with Gasteiger partial charge < -0.3 is 9.47 Å². The van der Waals surface area contributed by atoms with Crippen LogP contribution in [-0.4, -0.2) is 35.8 Å². The summed E-state index contributed by atoms with van der Waals surface area (Å²) < 4.78 is 11.0. The predicted octanol–water partition coefficient (Wildman–Crippen LogP) is 0.822. The maximum Gasteiger partial charge on any atom is 0.186 e. The minimum atomic E-state index is 0.153. The van der Waals surface area contributed by atoms with E-state index in [1.165, 1.54) is 11.8 Å². The van der Waals surface area contributed by atoms with Gasteiger partial charge >= 0.3 is 0 Å². The van der Waals surface area contributed by atoms with E-state index in [0.717, 1.165) is 13.0 Å². The SMILES string of the molecule is CC(=O)SC1CO[C@@H]2CCO[C@H]12. The van der Waals surface area contributed by atoms with Crippen molar-refractivity contribution in [2.45, 2.75) is 30.8 Å². The van der Waals surface area contributed by atoms with Crippen molar-refractivity contribution < 1.29 is 14.3 Å². The Morgan fingerprint density at radius 3 is 3.08 bits per heavy atom. The van der Waals surface area contributed by atoms with Crippen LogP contribution in [0.5, 0.6) is 0 Å². The number of rotatable bonds is 1. The molecular formula is C8H12O3S. The van der Waals surface area contributed by atoms with E-state index < -0.39 is 0 Å². The van der Waals surface area contributed by atoms with Crippen LogP contribution in [0.4, 0.5) is 0 Å². The molecule has 0 saturated carbocycles. The van der Waals surface area contributed by atoms with Crippen LogP contribution in [0.2, 0.25) is 0 Å². The third kappa shape index (κ3) is 1.51. The number of thioether (sulfide) groups is 1. The van der Waals surface area contributed by atoms with Crippen molar-refractivity contribution in [2.24, 2.45) is 0 Å². The largest absolute Gasteiger partial charge is 0.374 e. The van der Waals surface area contributed by atoms with Crippen molar-refractivity contribution >= 4 is 16.9 Å². The molecular weight excluding hydrogens is 176 g/mol. The molecule has 0 bridgehead atoms. The van der Waals surface area contributed by atoms with Gasteiger partial charge in [0.1, 0.15) is 0 Å². The van der Waals surface area contributed by atoms with Crippen molar-refractivity contribution in [1.29, 1.82) is 0 Å². The number of ether oxygens (including phenoxy) is 2. The Morgan fingerprint density at radius 1 is 1.50 bits per heavy atom. The molecule has 0 spiro atoms. The average Bonchev–Trinajstić information content (AvgIpc) is 2.52. The summed E-state index contributed by atoms with van der Waals surface area (Å²) in [5.74, 6) is 0.